The van der Waals surface area contributed by atoms with E-state index in [1.165, 1.54) is 36.4 Å². The highest BCUT2D eigenvalue weighted by atomic mass is 32.2. The van der Waals surface area contributed by atoms with E-state index in [0.717, 1.165) is 25.7 Å². The molecule has 1 saturated carbocycles. The van der Waals surface area contributed by atoms with Crippen molar-refractivity contribution in [3.05, 3.63) is 33.9 Å². The number of nitro benzene ring substituents is 1. The Kier molecular flexibility index (Phi) is 4.88. The van der Waals surface area contributed by atoms with Gasteiger partial charge in [0.2, 0.25) is 5.91 Å². The fourth-order valence-corrected chi connectivity index (χ4v) is 4.72. The van der Waals surface area contributed by atoms with E-state index in [9.17, 15) is 19.7 Å². The summed E-state index contributed by atoms with van der Waals surface area (Å²) in [4.78, 5) is 37.1. The maximum atomic E-state index is 12.6. The molecular weight excluding hydrogens is 382 g/mol. The highest BCUT2D eigenvalue weighted by Gasteiger charge is 2.40. The zero-order valence-corrected chi connectivity index (χ0v) is 16.1. The third-order valence-electron chi connectivity index (χ3n) is 5.18. The predicted molar refractivity (Wildman–Crippen MR) is 106 cm³/mol. The van der Waals surface area contributed by atoms with Gasteiger partial charge in [0.15, 0.2) is 10.9 Å². The van der Waals surface area contributed by atoms with Gasteiger partial charge in [-0.2, -0.15) is 0 Å². The minimum Gasteiger partial charge on any atom is -0.320 e. The van der Waals surface area contributed by atoms with Gasteiger partial charge in [-0.05, 0) is 25.8 Å². The van der Waals surface area contributed by atoms with Crippen LogP contribution >= 0.6 is 11.8 Å². The number of hydrogen-bond donors (Lipinski definition) is 1. The standard InChI is InChI=1S/C18H19N5O4S/c1-10-17(25)22(11-5-3-2-4-6-11)18(28-10)21-20-15-13-9-12(23(26)27)7-8-14(13)19-16(15)24/h7-11H,2-6H2,1H3,(H,19,20,24)/b21-18+. The van der Waals surface area contributed by atoms with Crippen molar-refractivity contribution in [1.82, 2.24) is 4.90 Å². The summed E-state index contributed by atoms with van der Waals surface area (Å²) in [5.74, 6) is -0.450. The van der Waals surface area contributed by atoms with Crippen LogP contribution in [0.25, 0.3) is 0 Å². The number of anilines is 1. The van der Waals surface area contributed by atoms with Gasteiger partial charge in [0.05, 0.1) is 15.9 Å². The van der Waals surface area contributed by atoms with Crippen LogP contribution in [0.4, 0.5) is 11.4 Å². The Hall–Kier alpha value is -2.75. The van der Waals surface area contributed by atoms with Crippen LogP contribution in [-0.2, 0) is 9.59 Å². The molecule has 1 aliphatic carbocycles. The molecule has 9 nitrogen and oxygen atoms in total. The second-order valence-electron chi connectivity index (χ2n) is 7.03. The number of benzene rings is 1. The van der Waals surface area contributed by atoms with E-state index in [-0.39, 0.29) is 28.6 Å². The number of nitrogens with one attached hydrogen (secondary N) is 1. The van der Waals surface area contributed by atoms with E-state index in [2.05, 4.69) is 15.5 Å². The second kappa shape index (κ2) is 7.34. The molecule has 10 heteroatoms. The van der Waals surface area contributed by atoms with E-state index in [0.29, 0.717) is 16.4 Å². The molecular formula is C18H19N5O4S. The number of amidine groups is 1. The van der Waals surface area contributed by atoms with Gasteiger partial charge < -0.3 is 5.32 Å². The molecule has 2 aliphatic heterocycles. The number of carbonyl (C=O) groups is 2. The lowest BCUT2D eigenvalue weighted by Crippen LogP contribution is -2.41. The Labute approximate surface area is 165 Å². The summed E-state index contributed by atoms with van der Waals surface area (Å²) in [6.45, 7) is 1.83. The Morgan fingerprint density at radius 2 is 1.96 bits per heavy atom. The third-order valence-corrected chi connectivity index (χ3v) is 6.23. The van der Waals surface area contributed by atoms with Crippen molar-refractivity contribution in [3.63, 3.8) is 0 Å². The number of non-ortho nitro benzene ring substituents is 1. The van der Waals surface area contributed by atoms with E-state index in [1.54, 1.807) is 4.90 Å². The molecule has 1 N–H and O–H groups in total. The molecule has 28 heavy (non-hydrogen) atoms. The summed E-state index contributed by atoms with van der Waals surface area (Å²) in [7, 11) is 0. The van der Waals surface area contributed by atoms with Gasteiger partial charge in [0.25, 0.3) is 11.6 Å². The molecule has 4 rings (SSSR count). The van der Waals surface area contributed by atoms with Gasteiger partial charge >= 0.3 is 0 Å². The van der Waals surface area contributed by atoms with E-state index < -0.39 is 10.8 Å². The first-order chi connectivity index (χ1) is 13.5. The molecule has 3 aliphatic rings. The molecule has 1 saturated heterocycles. The van der Waals surface area contributed by atoms with Crippen molar-refractivity contribution in [3.8, 4) is 0 Å². The lowest BCUT2D eigenvalue weighted by molar-refractivity contribution is -0.384. The van der Waals surface area contributed by atoms with Crippen LogP contribution < -0.4 is 5.32 Å². The highest BCUT2D eigenvalue weighted by molar-refractivity contribution is 8.15. The second-order valence-corrected chi connectivity index (χ2v) is 8.34. The van der Waals surface area contributed by atoms with Crippen LogP contribution in [0.15, 0.2) is 28.4 Å². The summed E-state index contributed by atoms with van der Waals surface area (Å²) in [6, 6.07) is 4.22. The molecule has 0 bridgehead atoms. The topological polar surface area (TPSA) is 117 Å². The van der Waals surface area contributed by atoms with Gasteiger partial charge in [-0.25, -0.2) is 0 Å². The van der Waals surface area contributed by atoms with Gasteiger partial charge in [-0.3, -0.25) is 24.6 Å². The zero-order valence-electron chi connectivity index (χ0n) is 15.3. The molecule has 1 unspecified atom stereocenters. The number of fused-ring (bicyclic) bond motifs is 1. The summed E-state index contributed by atoms with van der Waals surface area (Å²) >= 11 is 1.33. The van der Waals surface area contributed by atoms with Crippen molar-refractivity contribution < 1.29 is 14.5 Å². The van der Waals surface area contributed by atoms with Crippen LogP contribution in [0.2, 0.25) is 0 Å². The van der Waals surface area contributed by atoms with E-state index in [1.807, 2.05) is 6.92 Å². The molecule has 0 spiro atoms. The number of thioether (sulfide) groups is 1. The minimum absolute atomic E-state index is 0.0161. The maximum absolute atomic E-state index is 12.6. The monoisotopic (exact) mass is 401 g/mol. The molecule has 2 amide bonds. The average Bonchev–Trinajstić information content (AvgIpc) is 3.15. The molecule has 2 heterocycles. The molecule has 0 radical (unpaired) electrons. The zero-order chi connectivity index (χ0) is 19.8. The Morgan fingerprint density at radius 3 is 2.68 bits per heavy atom. The average molecular weight is 401 g/mol. The van der Waals surface area contributed by atoms with E-state index in [4.69, 9.17) is 0 Å². The van der Waals surface area contributed by atoms with Crippen molar-refractivity contribution in [1.29, 1.82) is 0 Å². The van der Waals surface area contributed by atoms with Crippen LogP contribution in [0.5, 0.6) is 0 Å². The largest absolute Gasteiger partial charge is 0.320 e. The number of nitrogens with zero attached hydrogens (tertiary/aromatic N) is 4. The number of amides is 2. The first-order valence-corrected chi connectivity index (χ1v) is 10.1. The molecule has 1 aromatic carbocycles. The van der Waals surface area contributed by atoms with Crippen LogP contribution in [0, 0.1) is 10.1 Å². The quantitative estimate of drug-likeness (QED) is 0.617. The SMILES string of the molecule is CC1S/C(=N/N=C2\C(=O)Nc3ccc([N+](=O)[O-])cc32)N(C2CCCCC2)C1=O. The number of nitro groups is 1. The maximum Gasteiger partial charge on any atom is 0.276 e. The predicted octanol–water partition coefficient (Wildman–Crippen LogP) is 2.90. The van der Waals surface area contributed by atoms with Crippen LogP contribution in [0.3, 0.4) is 0 Å². The molecule has 1 aromatic rings. The van der Waals surface area contributed by atoms with E-state index >= 15 is 0 Å². The smallest absolute Gasteiger partial charge is 0.276 e. The van der Waals surface area contributed by atoms with Crippen molar-refractivity contribution in [2.75, 3.05) is 5.32 Å². The first kappa shape index (κ1) is 18.6. The van der Waals surface area contributed by atoms with Crippen LogP contribution in [-0.4, -0.2) is 43.8 Å². The molecule has 1 atom stereocenters. The summed E-state index contributed by atoms with van der Waals surface area (Å²) in [6.07, 6.45) is 5.20. The fraction of sp³-hybridized carbons (Fsp3) is 0.444. The van der Waals surface area contributed by atoms with Crippen LogP contribution in [0.1, 0.15) is 44.6 Å². The van der Waals surface area contributed by atoms with Crippen molar-refractivity contribution >= 4 is 45.8 Å². The molecule has 146 valence electrons. The minimum atomic E-state index is -0.523. The lowest BCUT2D eigenvalue weighted by atomic mass is 9.94. The Morgan fingerprint density at radius 1 is 1.21 bits per heavy atom. The number of rotatable bonds is 3. The molecule has 0 aromatic heterocycles. The van der Waals surface area contributed by atoms with Crippen molar-refractivity contribution in [2.24, 2.45) is 10.2 Å². The Balaban J connectivity index is 1.68. The number of hydrogen-bond acceptors (Lipinski definition) is 7. The summed E-state index contributed by atoms with van der Waals surface area (Å²) in [5.41, 5.74) is 0.693. The number of carbonyl (C=O) groups excluding carboxylic acids is 2. The Bertz CT molecular complexity index is 923. The third kappa shape index (κ3) is 3.28. The summed E-state index contributed by atoms with van der Waals surface area (Å²) in [5, 5.41) is 22.2. The first-order valence-electron chi connectivity index (χ1n) is 9.21. The van der Waals surface area contributed by atoms with Gasteiger partial charge in [-0.1, -0.05) is 31.0 Å². The molecule has 2 fully saturated rings. The lowest BCUT2D eigenvalue weighted by Gasteiger charge is -2.30. The van der Waals surface area contributed by atoms with Gasteiger partial charge in [0, 0.05) is 23.7 Å². The highest BCUT2D eigenvalue weighted by Crippen LogP contribution is 2.34. The normalized spacial score (nSPS) is 25.5. The van der Waals surface area contributed by atoms with Crippen molar-refractivity contribution in [2.45, 2.75) is 50.3 Å². The summed E-state index contributed by atoms with van der Waals surface area (Å²) < 4.78 is 0. The van der Waals surface area contributed by atoms with Gasteiger partial charge in [0.1, 0.15) is 0 Å². The fourth-order valence-electron chi connectivity index (χ4n) is 3.75. The van der Waals surface area contributed by atoms with Gasteiger partial charge in [-0.15, -0.1) is 10.2 Å².